The second-order valence-electron chi connectivity index (χ2n) is 10.1. The zero-order chi connectivity index (χ0) is 23.0. The molecule has 5 nitrogen and oxygen atoms in total. The number of hydrogen-bond donors (Lipinski definition) is 0. The Kier molecular flexibility index (Phi) is 5.65. The highest BCUT2D eigenvalue weighted by Gasteiger charge is 2.41. The maximum Gasteiger partial charge on any atom is 0.223 e. The smallest absolute Gasteiger partial charge is 0.223 e. The van der Waals surface area contributed by atoms with Crippen molar-refractivity contribution in [3.8, 4) is 5.69 Å². The monoisotopic (exact) mass is 441 g/mol. The summed E-state index contributed by atoms with van der Waals surface area (Å²) >= 11 is 0. The van der Waals surface area contributed by atoms with Crippen molar-refractivity contribution in [1.82, 2.24) is 14.7 Å². The molecule has 2 heterocycles. The molecule has 5 rings (SSSR count). The zero-order valence-corrected chi connectivity index (χ0v) is 19.5. The second kappa shape index (κ2) is 8.62. The van der Waals surface area contributed by atoms with E-state index in [1.807, 2.05) is 58.1 Å². The number of ketones is 1. The minimum Gasteiger partial charge on any atom is -0.334 e. The number of aromatic nitrogens is 2. The van der Waals surface area contributed by atoms with E-state index in [2.05, 4.69) is 26.0 Å². The molecule has 1 aromatic heterocycles. The van der Waals surface area contributed by atoms with E-state index in [9.17, 15) is 9.59 Å². The van der Waals surface area contributed by atoms with Gasteiger partial charge < -0.3 is 4.90 Å². The van der Waals surface area contributed by atoms with Crippen LogP contribution in [0.5, 0.6) is 0 Å². The molecule has 0 spiro atoms. The Labute approximate surface area is 195 Å². The van der Waals surface area contributed by atoms with Crippen molar-refractivity contribution in [3.63, 3.8) is 0 Å². The fourth-order valence-electron chi connectivity index (χ4n) is 5.38. The van der Waals surface area contributed by atoms with Gasteiger partial charge in [-0.15, -0.1) is 0 Å². The number of carbonyl (C=O) groups excluding carboxylic acids is 2. The first-order valence-electron chi connectivity index (χ1n) is 12.0. The minimum absolute atomic E-state index is 0.102. The van der Waals surface area contributed by atoms with Gasteiger partial charge in [0.05, 0.1) is 28.7 Å². The van der Waals surface area contributed by atoms with E-state index >= 15 is 0 Å². The number of rotatable bonds is 5. The highest BCUT2D eigenvalue weighted by molar-refractivity contribution is 6.00. The van der Waals surface area contributed by atoms with E-state index < -0.39 is 0 Å². The lowest BCUT2D eigenvalue weighted by atomic mass is 9.75. The summed E-state index contributed by atoms with van der Waals surface area (Å²) in [5, 5.41) is 5.01. The van der Waals surface area contributed by atoms with Gasteiger partial charge in [0.2, 0.25) is 5.91 Å². The molecule has 1 saturated heterocycles. The molecule has 0 N–H and O–H groups in total. The highest BCUT2D eigenvalue weighted by atomic mass is 16.2. The Bertz CT molecular complexity index is 1160. The Balaban J connectivity index is 1.49. The molecule has 0 bridgehead atoms. The summed E-state index contributed by atoms with van der Waals surface area (Å²) in [6, 6.07) is 20.0. The van der Waals surface area contributed by atoms with Gasteiger partial charge in [0.15, 0.2) is 5.78 Å². The molecule has 2 aliphatic rings. The van der Waals surface area contributed by atoms with Crippen LogP contribution in [0.25, 0.3) is 5.69 Å². The SMILES string of the molecule is CC1(C)CC(=O)c2c([C@@H]3CCCN3C(=O)CCc3ccccc3)nn(-c3ccccc3)c2C1. The van der Waals surface area contributed by atoms with E-state index in [0.717, 1.165) is 54.9 Å². The average Bonchev–Trinajstić information content (AvgIpc) is 3.43. The fraction of sp³-hybridized carbons (Fsp3) is 0.393. The summed E-state index contributed by atoms with van der Waals surface area (Å²) in [5.74, 6) is 0.301. The third-order valence-electron chi connectivity index (χ3n) is 6.93. The number of Topliss-reactive ketones (excluding diaryl/α,β-unsaturated/α-hetero) is 1. The molecule has 170 valence electrons. The number of aryl methyl sites for hydroxylation is 1. The van der Waals surface area contributed by atoms with Crippen LogP contribution in [0, 0.1) is 5.41 Å². The largest absolute Gasteiger partial charge is 0.334 e. The average molecular weight is 442 g/mol. The highest BCUT2D eigenvalue weighted by Crippen LogP contribution is 2.42. The van der Waals surface area contributed by atoms with Crippen LogP contribution in [0.15, 0.2) is 60.7 Å². The second-order valence-corrected chi connectivity index (χ2v) is 10.1. The zero-order valence-electron chi connectivity index (χ0n) is 19.5. The van der Waals surface area contributed by atoms with Crippen molar-refractivity contribution >= 4 is 11.7 Å². The van der Waals surface area contributed by atoms with Crippen LogP contribution in [0.3, 0.4) is 0 Å². The fourth-order valence-corrected chi connectivity index (χ4v) is 5.38. The van der Waals surface area contributed by atoms with Crippen LogP contribution in [0.4, 0.5) is 0 Å². The van der Waals surface area contributed by atoms with E-state index in [4.69, 9.17) is 5.10 Å². The van der Waals surface area contributed by atoms with Crippen molar-refractivity contribution in [3.05, 3.63) is 83.2 Å². The number of amides is 1. The predicted octanol–water partition coefficient (Wildman–Crippen LogP) is 5.32. The summed E-state index contributed by atoms with van der Waals surface area (Å²) in [6.45, 7) is 5.01. The first-order chi connectivity index (χ1) is 15.9. The van der Waals surface area contributed by atoms with Gasteiger partial charge in [-0.25, -0.2) is 4.68 Å². The van der Waals surface area contributed by atoms with Gasteiger partial charge in [0.1, 0.15) is 0 Å². The van der Waals surface area contributed by atoms with Gasteiger partial charge in [-0.1, -0.05) is 62.4 Å². The standard InChI is InChI=1S/C28H31N3O2/c1-28(2)18-23-26(24(32)19-28)27(29-31(23)21-12-7-4-8-13-21)22-14-9-17-30(22)25(33)16-15-20-10-5-3-6-11-20/h3-8,10-13,22H,9,14-19H2,1-2H3/t22-/m0/s1. The van der Waals surface area contributed by atoms with Gasteiger partial charge in [0.25, 0.3) is 0 Å². The first-order valence-corrected chi connectivity index (χ1v) is 12.0. The summed E-state index contributed by atoms with van der Waals surface area (Å²) in [5.41, 5.74) is 4.57. The Hall–Kier alpha value is -3.21. The van der Waals surface area contributed by atoms with Crippen LogP contribution in [-0.4, -0.2) is 32.9 Å². The summed E-state index contributed by atoms with van der Waals surface area (Å²) in [6.07, 6.45) is 4.31. The number of nitrogens with zero attached hydrogens (tertiary/aromatic N) is 3. The van der Waals surface area contributed by atoms with Crippen molar-refractivity contribution in [2.24, 2.45) is 5.41 Å². The predicted molar refractivity (Wildman–Crippen MR) is 128 cm³/mol. The number of hydrogen-bond acceptors (Lipinski definition) is 3. The molecule has 1 amide bonds. The molecule has 1 fully saturated rings. The van der Waals surface area contributed by atoms with Gasteiger partial charge in [0, 0.05) is 19.4 Å². The number of para-hydroxylation sites is 1. The summed E-state index contributed by atoms with van der Waals surface area (Å²) < 4.78 is 1.95. The molecule has 1 aliphatic heterocycles. The minimum atomic E-state index is -0.128. The molecule has 0 saturated carbocycles. The van der Waals surface area contributed by atoms with Crippen LogP contribution >= 0.6 is 0 Å². The van der Waals surface area contributed by atoms with Crippen molar-refractivity contribution in [2.45, 2.75) is 58.4 Å². The Morgan fingerprint density at radius 1 is 1.03 bits per heavy atom. The Morgan fingerprint density at radius 2 is 1.73 bits per heavy atom. The molecule has 0 unspecified atom stereocenters. The maximum atomic E-state index is 13.4. The molecule has 2 aromatic carbocycles. The van der Waals surface area contributed by atoms with Gasteiger partial charge in [-0.05, 0) is 48.8 Å². The van der Waals surface area contributed by atoms with Crippen LogP contribution in [-0.2, 0) is 17.6 Å². The van der Waals surface area contributed by atoms with Crippen LogP contribution in [0.1, 0.15) is 72.9 Å². The molecule has 0 radical (unpaired) electrons. The topological polar surface area (TPSA) is 55.2 Å². The van der Waals surface area contributed by atoms with Crippen LogP contribution < -0.4 is 0 Å². The molecule has 33 heavy (non-hydrogen) atoms. The van der Waals surface area contributed by atoms with Gasteiger partial charge in [-0.3, -0.25) is 9.59 Å². The Morgan fingerprint density at radius 3 is 2.45 bits per heavy atom. The summed E-state index contributed by atoms with van der Waals surface area (Å²) in [7, 11) is 0. The van der Waals surface area contributed by atoms with E-state index in [1.54, 1.807) is 0 Å². The molecule has 3 aromatic rings. The number of likely N-dealkylation sites (tertiary alicyclic amines) is 1. The normalized spacial score (nSPS) is 19.5. The third kappa shape index (κ3) is 4.24. The van der Waals surface area contributed by atoms with E-state index in [0.29, 0.717) is 12.8 Å². The van der Waals surface area contributed by atoms with Crippen LogP contribution in [0.2, 0.25) is 0 Å². The molecular formula is C28H31N3O2. The van der Waals surface area contributed by atoms with Gasteiger partial charge in [-0.2, -0.15) is 5.10 Å². The number of benzene rings is 2. The molecule has 1 atom stereocenters. The summed E-state index contributed by atoms with van der Waals surface area (Å²) in [4.78, 5) is 28.6. The van der Waals surface area contributed by atoms with Crippen molar-refractivity contribution < 1.29 is 9.59 Å². The molecule has 1 aliphatic carbocycles. The van der Waals surface area contributed by atoms with Crippen molar-refractivity contribution in [1.29, 1.82) is 0 Å². The first kappa shape index (κ1) is 21.6. The lowest BCUT2D eigenvalue weighted by molar-refractivity contribution is -0.132. The molecular weight excluding hydrogens is 410 g/mol. The quantitative estimate of drug-likeness (QED) is 0.538. The number of carbonyl (C=O) groups is 2. The molecule has 5 heteroatoms. The lowest BCUT2D eigenvalue weighted by Gasteiger charge is -2.30. The van der Waals surface area contributed by atoms with E-state index in [-0.39, 0.29) is 23.1 Å². The third-order valence-corrected chi connectivity index (χ3v) is 6.93. The maximum absolute atomic E-state index is 13.4. The number of fused-ring (bicyclic) bond motifs is 1. The lowest BCUT2D eigenvalue weighted by Crippen LogP contribution is -2.33. The van der Waals surface area contributed by atoms with Gasteiger partial charge >= 0.3 is 0 Å². The van der Waals surface area contributed by atoms with Crippen molar-refractivity contribution in [2.75, 3.05) is 6.54 Å². The van der Waals surface area contributed by atoms with E-state index in [1.165, 1.54) is 5.56 Å².